The molecule has 0 heterocycles. The van der Waals surface area contributed by atoms with Gasteiger partial charge in [-0.25, -0.2) is 12.8 Å². The largest absolute Gasteiger partial charge is 1.00 e. The molecule has 0 aliphatic carbocycles. The average molecular weight is 232 g/mol. The van der Waals surface area contributed by atoms with Crippen molar-refractivity contribution in [3.63, 3.8) is 0 Å². The van der Waals surface area contributed by atoms with Crippen LogP contribution in [0.4, 0.5) is 17.6 Å². The van der Waals surface area contributed by atoms with E-state index in [0.717, 1.165) is 0 Å². The van der Waals surface area contributed by atoms with Crippen LogP contribution in [0.1, 0.15) is 12.8 Å². The summed E-state index contributed by atoms with van der Waals surface area (Å²) in [5, 5.41) is 0. The third-order valence-corrected chi connectivity index (χ3v) is 1.83. The molecule has 0 fully saturated rings. The van der Waals surface area contributed by atoms with Crippen molar-refractivity contribution < 1.29 is 60.1 Å². The first-order valence-corrected chi connectivity index (χ1v) is 4.25. The molecule has 0 aromatic carbocycles. The van der Waals surface area contributed by atoms with Crippen molar-refractivity contribution in [1.82, 2.24) is 0 Å². The minimum atomic E-state index is -5.24. The first-order chi connectivity index (χ1) is 5.13. The van der Waals surface area contributed by atoms with E-state index in [1.807, 2.05) is 0 Å². The van der Waals surface area contributed by atoms with Crippen molar-refractivity contribution >= 4 is 10.1 Å². The second-order valence-electron chi connectivity index (χ2n) is 2.06. The van der Waals surface area contributed by atoms with E-state index in [1.54, 1.807) is 0 Å². The molecule has 0 aromatic heterocycles. The van der Waals surface area contributed by atoms with Gasteiger partial charge in [-0.2, -0.15) is 13.2 Å². The van der Waals surface area contributed by atoms with Gasteiger partial charge >= 0.3 is 35.7 Å². The normalized spacial score (nSPS) is 14.8. The van der Waals surface area contributed by atoms with Gasteiger partial charge in [0, 0.05) is 12.8 Å². The third kappa shape index (κ3) is 8.95. The monoisotopic (exact) mass is 232 g/mol. The van der Waals surface area contributed by atoms with Gasteiger partial charge in [-0.05, 0) is 0 Å². The van der Waals surface area contributed by atoms with Gasteiger partial charge in [-0.1, -0.05) is 0 Å². The summed E-state index contributed by atoms with van der Waals surface area (Å²) in [5.41, 5.74) is -2.97. The molecule has 0 N–H and O–H groups in total. The Morgan fingerprint density at radius 3 is 1.92 bits per heavy atom. The van der Waals surface area contributed by atoms with Crippen LogP contribution in [-0.4, -0.2) is 24.7 Å². The molecule has 0 aliphatic heterocycles. The summed E-state index contributed by atoms with van der Waals surface area (Å²) in [6, 6.07) is 0. The van der Waals surface area contributed by atoms with Gasteiger partial charge in [0.1, 0.15) is 10.1 Å². The van der Waals surface area contributed by atoms with Crippen molar-refractivity contribution in [1.29, 1.82) is 0 Å². The first-order valence-electron chi connectivity index (χ1n) is 2.78. The zero-order chi connectivity index (χ0) is 9.99. The molecule has 3 nitrogen and oxygen atoms in total. The summed E-state index contributed by atoms with van der Waals surface area (Å²) in [6.07, 6.45) is -7.60. The molecule has 0 aromatic rings. The molecule has 74 valence electrons. The maximum absolute atomic E-state index is 12.0. The van der Waals surface area contributed by atoms with E-state index in [0.29, 0.717) is 0 Å². The van der Waals surface area contributed by atoms with Gasteiger partial charge in [0.05, 0.1) is 0 Å². The molecule has 13 heavy (non-hydrogen) atoms. The van der Waals surface area contributed by atoms with E-state index in [2.05, 4.69) is 0 Å². The standard InChI is InChI=1S/C4H6F4O3S.Na/c5-3(12(9,10)11)1-2-4(6,7)8;/h3H,1-2H2,(H,9,10,11);/q;+1/p-1. The zero-order valence-electron chi connectivity index (χ0n) is 6.64. The molecule has 0 rings (SSSR count). The summed E-state index contributed by atoms with van der Waals surface area (Å²) >= 11 is 0. The molecule has 0 saturated heterocycles. The fourth-order valence-electron chi connectivity index (χ4n) is 0.421. The number of alkyl halides is 4. The van der Waals surface area contributed by atoms with Gasteiger partial charge in [-0.15, -0.1) is 0 Å². The SMILES string of the molecule is O=S(=O)([O-])C(F)CCC(F)(F)F.[Na+]. The minimum Gasteiger partial charge on any atom is -0.746 e. The van der Waals surface area contributed by atoms with Crippen molar-refractivity contribution in [3.8, 4) is 0 Å². The Morgan fingerprint density at radius 1 is 1.31 bits per heavy atom. The second-order valence-corrected chi connectivity index (χ2v) is 3.55. The average Bonchev–Trinajstić information content (AvgIpc) is 1.78. The van der Waals surface area contributed by atoms with E-state index in [-0.39, 0.29) is 29.6 Å². The van der Waals surface area contributed by atoms with Crippen LogP contribution in [0, 0.1) is 0 Å². The third-order valence-electron chi connectivity index (χ3n) is 0.968. The van der Waals surface area contributed by atoms with E-state index in [9.17, 15) is 30.5 Å². The van der Waals surface area contributed by atoms with Crippen LogP contribution in [0.3, 0.4) is 0 Å². The van der Waals surface area contributed by atoms with Crippen LogP contribution in [-0.2, 0) is 10.1 Å². The predicted octanol–water partition coefficient (Wildman–Crippen LogP) is -1.83. The number of rotatable bonds is 3. The fourth-order valence-corrected chi connectivity index (χ4v) is 0.828. The smallest absolute Gasteiger partial charge is 0.746 e. The molecule has 1 unspecified atom stereocenters. The Kier molecular flexibility index (Phi) is 6.80. The van der Waals surface area contributed by atoms with Crippen molar-refractivity contribution in [2.45, 2.75) is 24.5 Å². The fraction of sp³-hybridized carbons (Fsp3) is 1.00. The van der Waals surface area contributed by atoms with Crippen molar-refractivity contribution in [2.75, 3.05) is 0 Å². The predicted molar refractivity (Wildman–Crippen MR) is 29.9 cm³/mol. The molecular weight excluding hydrogens is 227 g/mol. The van der Waals surface area contributed by atoms with Crippen LogP contribution >= 0.6 is 0 Å². The number of halogens is 4. The van der Waals surface area contributed by atoms with Crippen LogP contribution in [0.15, 0.2) is 0 Å². The van der Waals surface area contributed by atoms with Gasteiger partial charge in [-0.3, -0.25) is 0 Å². The van der Waals surface area contributed by atoms with Crippen molar-refractivity contribution in [3.05, 3.63) is 0 Å². The molecule has 0 bridgehead atoms. The molecular formula is C4H5F4NaO3S. The maximum Gasteiger partial charge on any atom is 1.00 e. The molecule has 0 aliphatic rings. The summed E-state index contributed by atoms with van der Waals surface area (Å²) < 4.78 is 75.3. The summed E-state index contributed by atoms with van der Waals surface area (Å²) in [5.74, 6) is 0. The van der Waals surface area contributed by atoms with Crippen LogP contribution in [0.25, 0.3) is 0 Å². The minimum absolute atomic E-state index is 0. The van der Waals surface area contributed by atoms with E-state index < -0.39 is 34.6 Å². The topological polar surface area (TPSA) is 57.2 Å². The molecule has 0 radical (unpaired) electrons. The Balaban J connectivity index is 0. The number of hydrogen-bond acceptors (Lipinski definition) is 3. The molecule has 0 saturated carbocycles. The number of hydrogen-bond donors (Lipinski definition) is 0. The van der Waals surface area contributed by atoms with Crippen LogP contribution < -0.4 is 29.6 Å². The van der Waals surface area contributed by atoms with Gasteiger partial charge < -0.3 is 4.55 Å². The van der Waals surface area contributed by atoms with Crippen LogP contribution in [0.2, 0.25) is 0 Å². The van der Waals surface area contributed by atoms with Gasteiger partial charge in [0.25, 0.3) is 0 Å². The molecule has 0 amide bonds. The summed E-state index contributed by atoms with van der Waals surface area (Å²) in [6.45, 7) is 0. The van der Waals surface area contributed by atoms with E-state index in [1.165, 1.54) is 0 Å². The van der Waals surface area contributed by atoms with Gasteiger partial charge in [0.15, 0.2) is 5.50 Å². The Bertz CT molecular complexity index is 236. The molecule has 9 heteroatoms. The quantitative estimate of drug-likeness (QED) is 0.327. The second kappa shape index (κ2) is 5.50. The Hall–Kier alpha value is 0.630. The van der Waals surface area contributed by atoms with Crippen LogP contribution in [0.5, 0.6) is 0 Å². The molecule has 1 atom stereocenters. The Labute approximate surface area is 94.5 Å². The Morgan fingerprint density at radius 2 is 1.69 bits per heavy atom. The zero-order valence-corrected chi connectivity index (χ0v) is 9.45. The first kappa shape index (κ1) is 16.1. The molecule has 0 spiro atoms. The maximum atomic E-state index is 12.0. The van der Waals surface area contributed by atoms with Crippen molar-refractivity contribution in [2.24, 2.45) is 0 Å². The van der Waals surface area contributed by atoms with Gasteiger partial charge in [0.2, 0.25) is 0 Å². The van der Waals surface area contributed by atoms with E-state index in [4.69, 9.17) is 0 Å². The van der Waals surface area contributed by atoms with E-state index >= 15 is 0 Å². The summed E-state index contributed by atoms with van der Waals surface area (Å²) in [7, 11) is -5.24. The summed E-state index contributed by atoms with van der Waals surface area (Å²) in [4.78, 5) is 0.